The molecule has 0 saturated carbocycles. The molecule has 2 aromatic rings. The second kappa shape index (κ2) is 6.89. The van der Waals surface area contributed by atoms with Crippen molar-refractivity contribution in [2.24, 2.45) is 0 Å². The van der Waals surface area contributed by atoms with Gasteiger partial charge >= 0.3 is 5.97 Å². The zero-order chi connectivity index (χ0) is 16.1. The number of carbonyl (C=O) groups is 2. The maximum atomic E-state index is 12.2. The molecule has 2 aromatic heterocycles. The average molecular weight is 302 g/mol. The molecular weight excluding hydrogens is 284 g/mol. The molecular formula is C16H18N2O4. The van der Waals surface area contributed by atoms with Crippen LogP contribution in [0.15, 0.2) is 34.9 Å². The van der Waals surface area contributed by atoms with Crippen molar-refractivity contribution < 1.29 is 19.1 Å². The molecule has 0 aliphatic carbocycles. The van der Waals surface area contributed by atoms with E-state index in [-0.39, 0.29) is 0 Å². The van der Waals surface area contributed by atoms with E-state index in [4.69, 9.17) is 9.52 Å². The van der Waals surface area contributed by atoms with Crippen molar-refractivity contribution >= 4 is 11.9 Å². The van der Waals surface area contributed by atoms with Crippen LogP contribution in [0.1, 0.15) is 35.8 Å². The summed E-state index contributed by atoms with van der Waals surface area (Å²) in [5.41, 5.74) is 1.51. The zero-order valence-electron chi connectivity index (χ0n) is 12.5. The van der Waals surface area contributed by atoms with Crippen LogP contribution in [0.25, 0.3) is 11.5 Å². The van der Waals surface area contributed by atoms with Crippen LogP contribution >= 0.6 is 0 Å². The van der Waals surface area contributed by atoms with Gasteiger partial charge in [-0.15, -0.1) is 0 Å². The Morgan fingerprint density at radius 1 is 1.36 bits per heavy atom. The van der Waals surface area contributed by atoms with Crippen LogP contribution < -0.4 is 5.32 Å². The molecule has 0 fully saturated rings. The van der Waals surface area contributed by atoms with Gasteiger partial charge in [-0.2, -0.15) is 0 Å². The van der Waals surface area contributed by atoms with Crippen LogP contribution in [0.4, 0.5) is 0 Å². The first kappa shape index (κ1) is 15.8. The van der Waals surface area contributed by atoms with Gasteiger partial charge in [0.2, 0.25) is 0 Å². The molecule has 0 aliphatic heterocycles. The predicted molar refractivity (Wildman–Crippen MR) is 80.5 cm³/mol. The van der Waals surface area contributed by atoms with E-state index in [1.54, 1.807) is 37.5 Å². The summed E-state index contributed by atoms with van der Waals surface area (Å²) in [6.07, 6.45) is 2.61. The Bertz CT molecular complexity index is 665. The molecule has 6 nitrogen and oxygen atoms in total. The molecule has 0 saturated heterocycles. The molecule has 2 heterocycles. The summed E-state index contributed by atoms with van der Waals surface area (Å²) < 4.78 is 5.26. The minimum absolute atomic E-state index is 0.359. The lowest BCUT2D eigenvalue weighted by atomic mass is 10.1. The number of amides is 1. The SMILES string of the molecule is CCCC(NC(=O)c1ccc(-c2ccco2)nc1C)C(=O)O. The van der Waals surface area contributed by atoms with Crippen LogP contribution in [-0.2, 0) is 4.79 Å². The molecule has 2 rings (SSSR count). The van der Waals surface area contributed by atoms with Gasteiger partial charge in [0.1, 0.15) is 11.7 Å². The molecule has 2 N–H and O–H groups in total. The lowest BCUT2D eigenvalue weighted by Crippen LogP contribution is -2.40. The lowest BCUT2D eigenvalue weighted by Gasteiger charge is -2.14. The van der Waals surface area contributed by atoms with Crippen LogP contribution in [0.3, 0.4) is 0 Å². The quantitative estimate of drug-likeness (QED) is 0.855. The van der Waals surface area contributed by atoms with E-state index in [0.29, 0.717) is 35.6 Å². The van der Waals surface area contributed by atoms with E-state index in [1.807, 2.05) is 6.92 Å². The summed E-state index contributed by atoms with van der Waals surface area (Å²) in [4.78, 5) is 27.7. The number of carboxylic acid groups (broad SMARTS) is 1. The Hall–Kier alpha value is -2.63. The van der Waals surface area contributed by atoms with Crippen LogP contribution in [0.5, 0.6) is 0 Å². The van der Waals surface area contributed by atoms with E-state index < -0.39 is 17.9 Å². The second-order valence-corrected chi connectivity index (χ2v) is 4.96. The first-order valence-corrected chi connectivity index (χ1v) is 7.08. The van der Waals surface area contributed by atoms with Gasteiger partial charge in [0.25, 0.3) is 5.91 Å². The van der Waals surface area contributed by atoms with Gasteiger partial charge in [0.15, 0.2) is 5.76 Å². The molecule has 0 spiro atoms. The summed E-state index contributed by atoms with van der Waals surface area (Å²) >= 11 is 0. The van der Waals surface area contributed by atoms with Gasteiger partial charge in [-0.3, -0.25) is 4.79 Å². The predicted octanol–water partition coefficient (Wildman–Crippen LogP) is 2.63. The van der Waals surface area contributed by atoms with Crippen molar-refractivity contribution in [3.63, 3.8) is 0 Å². The fourth-order valence-electron chi connectivity index (χ4n) is 2.14. The van der Waals surface area contributed by atoms with Crippen molar-refractivity contribution in [2.45, 2.75) is 32.7 Å². The molecule has 0 radical (unpaired) electrons. The number of carbonyl (C=O) groups excluding carboxylic acids is 1. The van der Waals surface area contributed by atoms with Gasteiger partial charge < -0.3 is 14.8 Å². The molecule has 0 bridgehead atoms. The molecule has 1 amide bonds. The van der Waals surface area contributed by atoms with Crippen molar-refractivity contribution in [1.82, 2.24) is 10.3 Å². The third-order valence-electron chi connectivity index (χ3n) is 3.28. The number of carboxylic acids is 1. The van der Waals surface area contributed by atoms with Crippen molar-refractivity contribution in [3.05, 3.63) is 41.8 Å². The number of nitrogens with one attached hydrogen (secondary N) is 1. The summed E-state index contributed by atoms with van der Waals surface area (Å²) in [5, 5.41) is 11.6. The summed E-state index contributed by atoms with van der Waals surface area (Å²) in [6.45, 7) is 3.57. The summed E-state index contributed by atoms with van der Waals surface area (Å²) in [5.74, 6) is -0.852. The minimum atomic E-state index is -1.03. The number of furan rings is 1. The fraction of sp³-hybridized carbons (Fsp3) is 0.312. The Labute approximate surface area is 128 Å². The number of pyridine rings is 1. The largest absolute Gasteiger partial charge is 0.480 e. The maximum Gasteiger partial charge on any atom is 0.326 e. The monoisotopic (exact) mass is 302 g/mol. The van der Waals surface area contributed by atoms with Crippen LogP contribution in [0.2, 0.25) is 0 Å². The molecule has 1 atom stereocenters. The third kappa shape index (κ3) is 3.52. The average Bonchev–Trinajstić information content (AvgIpc) is 3.00. The van der Waals surface area contributed by atoms with Crippen LogP contribution in [0, 0.1) is 6.92 Å². The lowest BCUT2D eigenvalue weighted by molar-refractivity contribution is -0.139. The Kier molecular flexibility index (Phi) is 4.93. The van der Waals surface area contributed by atoms with Gasteiger partial charge in [-0.1, -0.05) is 13.3 Å². The number of hydrogen-bond acceptors (Lipinski definition) is 4. The molecule has 0 aliphatic rings. The number of rotatable bonds is 6. The van der Waals surface area contributed by atoms with E-state index in [9.17, 15) is 9.59 Å². The fourth-order valence-corrected chi connectivity index (χ4v) is 2.14. The highest BCUT2D eigenvalue weighted by atomic mass is 16.4. The van der Waals surface area contributed by atoms with Crippen molar-refractivity contribution in [3.8, 4) is 11.5 Å². The van der Waals surface area contributed by atoms with Gasteiger partial charge in [-0.25, -0.2) is 9.78 Å². The molecule has 22 heavy (non-hydrogen) atoms. The Balaban J connectivity index is 2.18. The van der Waals surface area contributed by atoms with Crippen molar-refractivity contribution in [1.29, 1.82) is 0 Å². The number of aromatic nitrogens is 1. The zero-order valence-corrected chi connectivity index (χ0v) is 12.5. The topological polar surface area (TPSA) is 92.4 Å². The van der Waals surface area contributed by atoms with E-state index in [0.717, 1.165) is 0 Å². The Morgan fingerprint density at radius 2 is 2.14 bits per heavy atom. The first-order valence-electron chi connectivity index (χ1n) is 7.08. The third-order valence-corrected chi connectivity index (χ3v) is 3.28. The summed E-state index contributed by atoms with van der Waals surface area (Å²) in [7, 11) is 0. The Morgan fingerprint density at radius 3 is 2.68 bits per heavy atom. The number of hydrogen-bond donors (Lipinski definition) is 2. The van der Waals surface area contributed by atoms with Gasteiger partial charge in [-0.05, 0) is 37.6 Å². The number of aryl methyl sites for hydroxylation is 1. The standard InChI is InChI=1S/C16H18N2O4/c1-3-5-13(16(20)21)18-15(19)11-7-8-12(17-10(11)2)14-6-4-9-22-14/h4,6-9,13H,3,5H2,1-2H3,(H,18,19)(H,20,21). The van der Waals surface area contributed by atoms with E-state index >= 15 is 0 Å². The number of nitrogens with zero attached hydrogens (tertiary/aromatic N) is 1. The van der Waals surface area contributed by atoms with E-state index in [1.165, 1.54) is 0 Å². The minimum Gasteiger partial charge on any atom is -0.480 e. The van der Waals surface area contributed by atoms with Gasteiger partial charge in [0.05, 0.1) is 17.5 Å². The van der Waals surface area contributed by atoms with Gasteiger partial charge in [0, 0.05) is 0 Å². The molecule has 6 heteroatoms. The highest BCUT2D eigenvalue weighted by Gasteiger charge is 2.21. The molecule has 1 unspecified atom stereocenters. The number of aliphatic carboxylic acids is 1. The molecule has 116 valence electrons. The van der Waals surface area contributed by atoms with Crippen molar-refractivity contribution in [2.75, 3.05) is 0 Å². The highest BCUT2D eigenvalue weighted by molar-refractivity contribution is 5.97. The first-order chi connectivity index (χ1) is 10.5. The maximum absolute atomic E-state index is 12.2. The highest BCUT2D eigenvalue weighted by Crippen LogP contribution is 2.19. The second-order valence-electron chi connectivity index (χ2n) is 4.96. The molecule has 0 aromatic carbocycles. The van der Waals surface area contributed by atoms with Crippen LogP contribution in [-0.4, -0.2) is 28.0 Å². The smallest absolute Gasteiger partial charge is 0.326 e. The van der Waals surface area contributed by atoms with E-state index in [2.05, 4.69) is 10.3 Å². The summed E-state index contributed by atoms with van der Waals surface area (Å²) in [6, 6.07) is 5.96. The normalized spacial score (nSPS) is 11.9.